The van der Waals surface area contributed by atoms with E-state index in [2.05, 4.69) is 4.98 Å². The second-order valence-corrected chi connectivity index (χ2v) is 6.96. The number of aromatic nitrogens is 1. The Labute approximate surface area is 167 Å². The number of nitrogens with zero attached hydrogens (tertiary/aromatic N) is 1. The standard InChI is InChI=1S/C21H18ClNO3S/c1-2-4-21(24)26-27-18-9-7-16(8-10-18)25-17-6-3-5-15(13-17)19-11-12-23-14-20(19)22/h3,5-14H,2,4H2,1H3. The van der Waals surface area contributed by atoms with E-state index in [0.29, 0.717) is 22.9 Å². The molecule has 1 aromatic heterocycles. The first-order valence-electron chi connectivity index (χ1n) is 8.51. The predicted octanol–water partition coefficient (Wildman–Crippen LogP) is 6.54. The lowest BCUT2D eigenvalue weighted by Crippen LogP contribution is -1.96. The summed E-state index contributed by atoms with van der Waals surface area (Å²) in [4.78, 5) is 16.3. The third kappa shape index (κ3) is 5.49. The number of rotatable bonds is 7. The van der Waals surface area contributed by atoms with Crippen LogP contribution in [0, 0.1) is 0 Å². The summed E-state index contributed by atoms with van der Waals surface area (Å²) in [5.41, 5.74) is 1.85. The molecule has 0 radical (unpaired) electrons. The van der Waals surface area contributed by atoms with Crippen molar-refractivity contribution in [3.8, 4) is 22.6 Å². The Morgan fingerprint density at radius 2 is 1.93 bits per heavy atom. The van der Waals surface area contributed by atoms with Crippen LogP contribution in [0.25, 0.3) is 11.1 Å². The van der Waals surface area contributed by atoms with Gasteiger partial charge >= 0.3 is 5.97 Å². The monoisotopic (exact) mass is 399 g/mol. The molecule has 0 amide bonds. The Morgan fingerprint density at radius 3 is 2.67 bits per heavy atom. The van der Waals surface area contributed by atoms with Crippen molar-refractivity contribution in [2.24, 2.45) is 0 Å². The predicted molar refractivity (Wildman–Crippen MR) is 108 cm³/mol. The topological polar surface area (TPSA) is 48.4 Å². The summed E-state index contributed by atoms with van der Waals surface area (Å²) in [7, 11) is 0. The summed E-state index contributed by atoms with van der Waals surface area (Å²) in [5.74, 6) is 1.18. The Morgan fingerprint density at radius 1 is 1.11 bits per heavy atom. The van der Waals surface area contributed by atoms with Crippen molar-refractivity contribution in [2.75, 3.05) is 0 Å². The number of carbonyl (C=O) groups excluding carboxylic acids is 1. The van der Waals surface area contributed by atoms with Crippen LogP contribution in [0.1, 0.15) is 19.8 Å². The minimum absolute atomic E-state index is 0.214. The van der Waals surface area contributed by atoms with Crippen molar-refractivity contribution in [3.05, 3.63) is 72.0 Å². The molecule has 3 aromatic rings. The fraction of sp³-hybridized carbons (Fsp3) is 0.143. The van der Waals surface area contributed by atoms with E-state index in [9.17, 15) is 4.79 Å². The molecule has 0 unspecified atom stereocenters. The van der Waals surface area contributed by atoms with Crippen LogP contribution in [0.2, 0.25) is 5.02 Å². The van der Waals surface area contributed by atoms with E-state index in [-0.39, 0.29) is 5.97 Å². The summed E-state index contributed by atoms with van der Waals surface area (Å²) in [6.07, 6.45) is 4.52. The number of benzene rings is 2. The molecule has 0 N–H and O–H groups in total. The van der Waals surface area contributed by atoms with Crippen LogP contribution in [-0.2, 0) is 8.98 Å². The lowest BCUT2D eigenvalue weighted by atomic mass is 10.1. The molecule has 138 valence electrons. The third-order valence-electron chi connectivity index (χ3n) is 3.66. The van der Waals surface area contributed by atoms with Gasteiger partial charge in [-0.15, -0.1) is 0 Å². The minimum atomic E-state index is -0.214. The average molecular weight is 400 g/mol. The third-order valence-corrected chi connectivity index (χ3v) is 4.70. The molecule has 0 atom stereocenters. The Bertz CT molecular complexity index is 915. The zero-order valence-electron chi connectivity index (χ0n) is 14.7. The van der Waals surface area contributed by atoms with Crippen LogP contribution in [0.15, 0.2) is 71.9 Å². The van der Waals surface area contributed by atoms with Gasteiger partial charge in [0, 0.05) is 29.3 Å². The van der Waals surface area contributed by atoms with Crippen LogP contribution < -0.4 is 4.74 Å². The van der Waals surface area contributed by atoms with Crippen LogP contribution in [0.5, 0.6) is 11.5 Å². The summed E-state index contributed by atoms with van der Waals surface area (Å²) in [5, 5.41) is 0.591. The van der Waals surface area contributed by atoms with Crippen molar-refractivity contribution >= 4 is 29.6 Å². The summed E-state index contributed by atoms with van der Waals surface area (Å²) >= 11 is 7.28. The fourth-order valence-corrected chi connectivity index (χ4v) is 3.12. The van der Waals surface area contributed by atoms with Gasteiger partial charge < -0.3 is 8.92 Å². The Balaban J connectivity index is 1.66. The minimum Gasteiger partial charge on any atom is -0.457 e. The first-order valence-corrected chi connectivity index (χ1v) is 9.63. The number of pyridine rings is 1. The summed E-state index contributed by atoms with van der Waals surface area (Å²) in [6, 6.07) is 16.9. The van der Waals surface area contributed by atoms with Crippen LogP contribution in [0.3, 0.4) is 0 Å². The normalized spacial score (nSPS) is 10.4. The van der Waals surface area contributed by atoms with Crippen molar-refractivity contribution in [1.82, 2.24) is 4.98 Å². The number of hydrogen-bond donors (Lipinski definition) is 0. The van der Waals surface area contributed by atoms with Gasteiger partial charge in [0.1, 0.15) is 11.5 Å². The molecule has 2 aromatic carbocycles. The molecule has 0 spiro atoms. The molecule has 0 aliphatic heterocycles. The van der Waals surface area contributed by atoms with Gasteiger partial charge in [-0.1, -0.05) is 30.7 Å². The molecule has 3 rings (SSSR count). The molecule has 1 heterocycles. The highest BCUT2D eigenvalue weighted by atomic mass is 35.5. The fourth-order valence-electron chi connectivity index (χ4n) is 2.38. The van der Waals surface area contributed by atoms with Gasteiger partial charge in [0.05, 0.1) is 17.1 Å². The first kappa shape index (κ1) is 19.3. The molecule has 4 nitrogen and oxygen atoms in total. The maximum absolute atomic E-state index is 11.4. The molecule has 0 saturated heterocycles. The largest absolute Gasteiger partial charge is 0.457 e. The van der Waals surface area contributed by atoms with E-state index in [1.165, 1.54) is 0 Å². The first-order chi connectivity index (χ1) is 13.2. The van der Waals surface area contributed by atoms with Gasteiger partial charge in [-0.05, 0) is 54.4 Å². The highest BCUT2D eigenvalue weighted by Gasteiger charge is 2.06. The highest BCUT2D eigenvalue weighted by molar-refractivity contribution is 7.95. The number of carbonyl (C=O) groups is 1. The Hall–Kier alpha value is -2.50. The Kier molecular flexibility index (Phi) is 6.74. The van der Waals surface area contributed by atoms with Gasteiger partial charge in [-0.2, -0.15) is 0 Å². The van der Waals surface area contributed by atoms with E-state index in [1.807, 2.05) is 61.5 Å². The van der Waals surface area contributed by atoms with Gasteiger partial charge in [-0.3, -0.25) is 9.78 Å². The van der Waals surface area contributed by atoms with Gasteiger partial charge in [0.25, 0.3) is 0 Å². The zero-order chi connectivity index (χ0) is 19.1. The summed E-state index contributed by atoms with van der Waals surface area (Å²) in [6.45, 7) is 1.94. The van der Waals surface area contributed by atoms with E-state index < -0.39 is 0 Å². The highest BCUT2D eigenvalue weighted by Crippen LogP contribution is 2.31. The molecule has 0 aliphatic carbocycles. The zero-order valence-corrected chi connectivity index (χ0v) is 16.3. The lowest BCUT2D eigenvalue weighted by Gasteiger charge is -2.09. The molecule has 0 fully saturated rings. The number of ether oxygens (including phenoxy) is 1. The quantitative estimate of drug-likeness (QED) is 0.422. The van der Waals surface area contributed by atoms with Crippen LogP contribution in [-0.4, -0.2) is 11.0 Å². The van der Waals surface area contributed by atoms with E-state index in [4.69, 9.17) is 20.5 Å². The molecular formula is C21H18ClNO3S. The second kappa shape index (κ2) is 9.44. The van der Waals surface area contributed by atoms with E-state index in [1.54, 1.807) is 12.4 Å². The SMILES string of the molecule is CCCC(=O)OSc1ccc(Oc2cccc(-c3ccncc3Cl)c2)cc1. The molecule has 0 aliphatic rings. The van der Waals surface area contributed by atoms with E-state index in [0.717, 1.165) is 34.5 Å². The lowest BCUT2D eigenvalue weighted by molar-refractivity contribution is -0.133. The molecule has 0 bridgehead atoms. The van der Waals surface area contributed by atoms with Crippen molar-refractivity contribution in [3.63, 3.8) is 0 Å². The van der Waals surface area contributed by atoms with Crippen molar-refractivity contribution in [2.45, 2.75) is 24.7 Å². The molecule has 0 saturated carbocycles. The molecule has 27 heavy (non-hydrogen) atoms. The second-order valence-electron chi connectivity index (χ2n) is 5.75. The molecule has 6 heteroatoms. The van der Waals surface area contributed by atoms with Crippen LogP contribution in [0.4, 0.5) is 0 Å². The van der Waals surface area contributed by atoms with Crippen molar-refractivity contribution in [1.29, 1.82) is 0 Å². The smallest absolute Gasteiger partial charge is 0.318 e. The van der Waals surface area contributed by atoms with Gasteiger partial charge in [0.2, 0.25) is 0 Å². The van der Waals surface area contributed by atoms with Crippen molar-refractivity contribution < 1.29 is 13.7 Å². The van der Waals surface area contributed by atoms with Gasteiger partial charge in [0.15, 0.2) is 0 Å². The van der Waals surface area contributed by atoms with Gasteiger partial charge in [-0.25, -0.2) is 0 Å². The van der Waals surface area contributed by atoms with E-state index >= 15 is 0 Å². The number of hydrogen-bond acceptors (Lipinski definition) is 5. The summed E-state index contributed by atoms with van der Waals surface area (Å²) < 4.78 is 11.0. The maximum Gasteiger partial charge on any atom is 0.318 e. The van der Waals surface area contributed by atoms with Crippen LogP contribution >= 0.6 is 23.6 Å². The average Bonchev–Trinajstić information content (AvgIpc) is 2.68. The molecular weight excluding hydrogens is 382 g/mol. The number of halogens is 1. The maximum atomic E-state index is 11.4.